The van der Waals surface area contributed by atoms with Crippen molar-refractivity contribution in [1.82, 2.24) is 19.9 Å². The van der Waals surface area contributed by atoms with E-state index in [1.165, 1.54) is 10.6 Å². The Morgan fingerprint density at radius 3 is 2.37 bits per heavy atom. The maximum absolute atomic E-state index is 13.4. The van der Waals surface area contributed by atoms with Crippen molar-refractivity contribution >= 4 is 11.9 Å². The number of rotatable bonds is 9. The average Bonchev–Trinajstić information content (AvgIpc) is 2.77. The molecule has 0 saturated heterocycles. The molecule has 8 heteroatoms. The molecule has 0 saturated carbocycles. The van der Waals surface area contributed by atoms with Gasteiger partial charge in [0.15, 0.2) is 5.82 Å². The number of carbonyl (C=O) groups is 2. The van der Waals surface area contributed by atoms with Crippen molar-refractivity contribution in [1.29, 1.82) is 0 Å². The van der Waals surface area contributed by atoms with Crippen LogP contribution in [0.4, 0.5) is 0 Å². The summed E-state index contributed by atoms with van der Waals surface area (Å²) >= 11 is 0. The Morgan fingerprint density at radius 1 is 1.09 bits per heavy atom. The lowest BCUT2D eigenvalue weighted by atomic mass is 9.99. The van der Waals surface area contributed by atoms with E-state index in [0.29, 0.717) is 12.1 Å². The van der Waals surface area contributed by atoms with E-state index in [9.17, 15) is 19.5 Å². The van der Waals surface area contributed by atoms with Gasteiger partial charge >= 0.3 is 5.97 Å². The number of carboxylic acids is 1. The zero-order chi connectivity index (χ0) is 25.7. The maximum Gasteiger partial charge on any atom is 0.305 e. The fourth-order valence-corrected chi connectivity index (χ4v) is 4.19. The molecule has 3 aromatic rings. The van der Waals surface area contributed by atoms with Crippen LogP contribution in [0.2, 0.25) is 0 Å². The van der Waals surface area contributed by atoms with E-state index in [2.05, 4.69) is 15.3 Å². The van der Waals surface area contributed by atoms with E-state index in [-0.39, 0.29) is 23.7 Å². The number of aryl methyl sites for hydroxylation is 3. The first-order valence-corrected chi connectivity index (χ1v) is 11.7. The first kappa shape index (κ1) is 25.8. The van der Waals surface area contributed by atoms with E-state index in [4.69, 9.17) is 0 Å². The molecule has 0 bridgehead atoms. The lowest BCUT2D eigenvalue weighted by Gasteiger charge is -2.24. The SMILES string of the molecule is Cc1ccn(C(CC(C)C)C(=O)NC(CC(=O)O)c2nccc(-c3c(C)cccc3C)n2)c(=O)c1. The molecule has 0 aliphatic rings. The quantitative estimate of drug-likeness (QED) is 0.480. The molecule has 8 nitrogen and oxygen atoms in total. The van der Waals surface area contributed by atoms with Crippen LogP contribution in [0.5, 0.6) is 0 Å². The number of amides is 1. The topological polar surface area (TPSA) is 114 Å². The Bertz CT molecular complexity index is 1260. The summed E-state index contributed by atoms with van der Waals surface area (Å²) in [5, 5.41) is 12.4. The van der Waals surface area contributed by atoms with Crippen molar-refractivity contribution in [3.63, 3.8) is 0 Å². The van der Waals surface area contributed by atoms with Gasteiger partial charge in [0.2, 0.25) is 5.91 Å². The Hall–Kier alpha value is -3.81. The van der Waals surface area contributed by atoms with Crippen molar-refractivity contribution in [3.05, 3.63) is 81.7 Å². The van der Waals surface area contributed by atoms with Crippen LogP contribution in [0.3, 0.4) is 0 Å². The minimum Gasteiger partial charge on any atom is -0.481 e. The molecule has 0 radical (unpaired) electrons. The zero-order valence-corrected chi connectivity index (χ0v) is 20.8. The minimum atomic E-state index is -1.09. The van der Waals surface area contributed by atoms with Gasteiger partial charge in [0.05, 0.1) is 18.2 Å². The monoisotopic (exact) mass is 476 g/mol. The Balaban J connectivity index is 1.98. The maximum atomic E-state index is 13.4. The molecule has 2 aromatic heterocycles. The fourth-order valence-electron chi connectivity index (χ4n) is 4.19. The lowest BCUT2D eigenvalue weighted by molar-refractivity contribution is -0.138. The number of benzene rings is 1. The van der Waals surface area contributed by atoms with Crippen molar-refractivity contribution < 1.29 is 14.7 Å². The second-order valence-corrected chi connectivity index (χ2v) is 9.32. The second-order valence-electron chi connectivity index (χ2n) is 9.32. The zero-order valence-electron chi connectivity index (χ0n) is 20.8. The molecule has 184 valence electrons. The van der Waals surface area contributed by atoms with Crippen LogP contribution >= 0.6 is 0 Å². The van der Waals surface area contributed by atoms with E-state index in [0.717, 1.165) is 22.3 Å². The summed E-state index contributed by atoms with van der Waals surface area (Å²) < 4.78 is 1.40. The third-order valence-electron chi connectivity index (χ3n) is 5.86. The van der Waals surface area contributed by atoms with Gasteiger partial charge in [-0.1, -0.05) is 32.0 Å². The predicted octanol–water partition coefficient (Wildman–Crippen LogP) is 4.15. The van der Waals surface area contributed by atoms with Crippen molar-refractivity contribution in [2.24, 2.45) is 5.92 Å². The van der Waals surface area contributed by atoms with Gasteiger partial charge < -0.3 is 15.0 Å². The Kier molecular flexibility index (Phi) is 8.17. The van der Waals surface area contributed by atoms with Crippen molar-refractivity contribution in [2.45, 2.75) is 59.5 Å². The normalized spacial score (nSPS) is 12.9. The third-order valence-corrected chi connectivity index (χ3v) is 5.86. The number of nitrogens with one attached hydrogen (secondary N) is 1. The molecule has 2 heterocycles. The van der Waals surface area contributed by atoms with Crippen LogP contribution in [0.1, 0.15) is 61.3 Å². The molecule has 3 rings (SSSR count). The molecule has 2 N–H and O–H groups in total. The molecule has 2 atom stereocenters. The number of nitrogens with zero attached hydrogens (tertiary/aromatic N) is 3. The summed E-state index contributed by atoms with van der Waals surface area (Å²) in [7, 11) is 0. The van der Waals surface area contributed by atoms with Crippen LogP contribution in [-0.4, -0.2) is 31.5 Å². The van der Waals surface area contributed by atoms with Crippen LogP contribution in [0.25, 0.3) is 11.3 Å². The molecule has 0 spiro atoms. The van der Waals surface area contributed by atoms with Gasteiger partial charge in [-0.05, 0) is 61.9 Å². The fraction of sp³-hybridized carbons (Fsp3) is 0.370. The van der Waals surface area contributed by atoms with Crippen LogP contribution in [-0.2, 0) is 9.59 Å². The number of carboxylic acid groups (broad SMARTS) is 1. The molecule has 1 amide bonds. The summed E-state index contributed by atoms with van der Waals surface area (Å²) in [5.41, 5.74) is 4.18. The van der Waals surface area contributed by atoms with E-state index < -0.39 is 24.0 Å². The van der Waals surface area contributed by atoms with Crippen molar-refractivity contribution in [2.75, 3.05) is 0 Å². The lowest BCUT2D eigenvalue weighted by Crippen LogP contribution is -2.40. The molecule has 35 heavy (non-hydrogen) atoms. The predicted molar refractivity (Wildman–Crippen MR) is 134 cm³/mol. The van der Waals surface area contributed by atoms with E-state index in [1.807, 2.05) is 52.8 Å². The summed E-state index contributed by atoms with van der Waals surface area (Å²) in [6, 6.07) is 9.20. The summed E-state index contributed by atoms with van der Waals surface area (Å²) in [4.78, 5) is 46.7. The first-order valence-electron chi connectivity index (χ1n) is 11.7. The van der Waals surface area contributed by atoms with Gasteiger partial charge in [0.25, 0.3) is 5.56 Å². The molecule has 0 fully saturated rings. The number of carbonyl (C=O) groups excluding carboxylic acids is 1. The third kappa shape index (κ3) is 6.41. The number of hydrogen-bond acceptors (Lipinski definition) is 5. The average molecular weight is 477 g/mol. The van der Waals surface area contributed by atoms with E-state index in [1.54, 1.807) is 24.5 Å². The summed E-state index contributed by atoms with van der Waals surface area (Å²) in [6.07, 6.45) is 3.20. The molecule has 1 aromatic carbocycles. The minimum absolute atomic E-state index is 0.125. The Labute approximate surface area is 205 Å². The number of aromatic nitrogens is 3. The standard InChI is InChI=1S/C27H32N4O4/c1-16(2)13-22(31-12-10-17(3)14-23(31)32)27(35)30-21(15-24(33)34)26-28-11-9-20(29-26)25-18(4)7-6-8-19(25)5/h6-12,14,16,21-22H,13,15H2,1-5H3,(H,30,35)(H,33,34). The summed E-state index contributed by atoms with van der Waals surface area (Å²) in [6.45, 7) is 9.70. The van der Waals surface area contributed by atoms with Gasteiger partial charge in [-0.2, -0.15) is 0 Å². The summed E-state index contributed by atoms with van der Waals surface area (Å²) in [5.74, 6) is -1.21. The number of hydrogen-bond donors (Lipinski definition) is 2. The highest BCUT2D eigenvalue weighted by Gasteiger charge is 2.28. The molecular formula is C27H32N4O4. The highest BCUT2D eigenvalue weighted by molar-refractivity contribution is 5.81. The van der Waals surface area contributed by atoms with Crippen molar-refractivity contribution in [3.8, 4) is 11.3 Å². The molecular weight excluding hydrogens is 444 g/mol. The van der Waals surface area contributed by atoms with Gasteiger partial charge in [0, 0.05) is 24.0 Å². The molecule has 0 aliphatic heterocycles. The van der Waals surface area contributed by atoms with Crippen LogP contribution < -0.4 is 10.9 Å². The van der Waals surface area contributed by atoms with E-state index >= 15 is 0 Å². The van der Waals surface area contributed by atoms with Gasteiger partial charge in [-0.15, -0.1) is 0 Å². The van der Waals surface area contributed by atoms with Gasteiger partial charge in [-0.25, -0.2) is 9.97 Å². The van der Waals surface area contributed by atoms with Crippen LogP contribution in [0, 0.1) is 26.7 Å². The highest BCUT2D eigenvalue weighted by atomic mass is 16.4. The number of aliphatic carboxylic acids is 1. The number of pyridine rings is 1. The molecule has 2 unspecified atom stereocenters. The Morgan fingerprint density at radius 2 is 1.77 bits per heavy atom. The molecule has 0 aliphatic carbocycles. The van der Waals surface area contributed by atoms with Gasteiger partial charge in [0.1, 0.15) is 6.04 Å². The van der Waals surface area contributed by atoms with Gasteiger partial charge in [-0.3, -0.25) is 14.4 Å². The second kappa shape index (κ2) is 11.1. The van der Waals surface area contributed by atoms with Crippen LogP contribution in [0.15, 0.2) is 53.6 Å². The highest BCUT2D eigenvalue weighted by Crippen LogP contribution is 2.27. The largest absolute Gasteiger partial charge is 0.481 e. The first-order chi connectivity index (χ1) is 16.6. The smallest absolute Gasteiger partial charge is 0.305 e.